The van der Waals surface area contributed by atoms with Crippen LogP contribution in [0.15, 0.2) is 43.0 Å². The summed E-state index contributed by atoms with van der Waals surface area (Å²) >= 11 is 1.78. The lowest BCUT2D eigenvalue weighted by Crippen LogP contribution is -2.29. The maximum Gasteiger partial charge on any atom is 0.298 e. The Hall–Kier alpha value is -2.27. The third kappa shape index (κ3) is 1.11. The van der Waals surface area contributed by atoms with Crippen LogP contribution in [0.1, 0.15) is 5.56 Å². The number of rotatable bonds is 0. The van der Waals surface area contributed by atoms with E-state index in [1.54, 1.807) is 11.3 Å². The fourth-order valence-corrected chi connectivity index (χ4v) is 3.90. The predicted octanol–water partition coefficient (Wildman–Crippen LogP) is 2.26. The lowest BCUT2D eigenvalue weighted by atomic mass is 10.2. The maximum absolute atomic E-state index is 4.53. The lowest BCUT2D eigenvalue weighted by Gasteiger charge is -1.92. The molecule has 0 atom stereocenters. The molecular formula is C14H9N4S+. The molecule has 0 saturated heterocycles. The Balaban J connectivity index is 2.00. The van der Waals surface area contributed by atoms with Crippen molar-refractivity contribution in [1.82, 2.24) is 14.4 Å². The zero-order valence-electron chi connectivity index (χ0n) is 9.95. The SMILES string of the molecule is c1cnc2c(c1)sc1c[n+]3c(n12)-c1cnccc1C3. The van der Waals surface area contributed by atoms with Crippen LogP contribution in [0.25, 0.3) is 26.6 Å². The number of aromatic nitrogens is 4. The van der Waals surface area contributed by atoms with Crippen molar-refractivity contribution in [2.24, 2.45) is 0 Å². The number of hydrogen-bond acceptors (Lipinski definition) is 3. The summed E-state index contributed by atoms with van der Waals surface area (Å²) in [5.74, 6) is 1.20. The summed E-state index contributed by atoms with van der Waals surface area (Å²) in [7, 11) is 0. The second kappa shape index (κ2) is 3.19. The van der Waals surface area contributed by atoms with Crippen molar-refractivity contribution in [1.29, 1.82) is 0 Å². The Kier molecular flexibility index (Phi) is 1.62. The highest BCUT2D eigenvalue weighted by Crippen LogP contribution is 2.33. The first kappa shape index (κ1) is 9.63. The molecular weight excluding hydrogens is 256 g/mol. The summed E-state index contributed by atoms with van der Waals surface area (Å²) < 4.78 is 5.75. The summed E-state index contributed by atoms with van der Waals surface area (Å²) in [5.41, 5.74) is 3.58. The van der Waals surface area contributed by atoms with Crippen molar-refractivity contribution in [3.05, 3.63) is 48.5 Å². The van der Waals surface area contributed by atoms with Gasteiger partial charge in [-0.1, -0.05) is 11.3 Å². The highest BCUT2D eigenvalue weighted by molar-refractivity contribution is 7.23. The molecule has 4 aromatic heterocycles. The Labute approximate surface area is 112 Å². The predicted molar refractivity (Wildman–Crippen MR) is 73.1 cm³/mol. The van der Waals surface area contributed by atoms with Gasteiger partial charge in [-0.25, -0.2) is 9.55 Å². The summed E-state index contributed by atoms with van der Waals surface area (Å²) in [4.78, 5) is 10.0. The van der Waals surface area contributed by atoms with E-state index in [0.717, 1.165) is 12.2 Å². The van der Waals surface area contributed by atoms with Crippen molar-refractivity contribution < 1.29 is 4.57 Å². The highest BCUT2D eigenvalue weighted by Gasteiger charge is 2.32. The molecule has 0 saturated carbocycles. The Morgan fingerprint density at radius 3 is 3.26 bits per heavy atom. The van der Waals surface area contributed by atoms with E-state index in [2.05, 4.69) is 37.3 Å². The Morgan fingerprint density at radius 1 is 1.26 bits per heavy atom. The van der Waals surface area contributed by atoms with Crippen molar-refractivity contribution in [3.8, 4) is 11.4 Å². The van der Waals surface area contributed by atoms with Crippen LogP contribution < -0.4 is 4.57 Å². The normalized spacial score (nSPS) is 13.1. The smallest absolute Gasteiger partial charge is 0.264 e. The molecule has 5 heteroatoms. The Bertz CT molecular complexity index is 951. The third-order valence-corrected chi connectivity index (χ3v) is 4.68. The van der Waals surface area contributed by atoms with Crippen LogP contribution in [0.3, 0.4) is 0 Å². The van der Waals surface area contributed by atoms with E-state index in [1.807, 2.05) is 24.7 Å². The van der Waals surface area contributed by atoms with Crippen molar-refractivity contribution in [2.45, 2.75) is 6.54 Å². The van der Waals surface area contributed by atoms with E-state index in [-0.39, 0.29) is 0 Å². The monoisotopic (exact) mass is 265 g/mol. The van der Waals surface area contributed by atoms with Gasteiger partial charge in [0.2, 0.25) is 10.5 Å². The van der Waals surface area contributed by atoms with E-state index in [1.165, 1.54) is 26.5 Å². The van der Waals surface area contributed by atoms with E-state index in [4.69, 9.17) is 0 Å². The molecule has 19 heavy (non-hydrogen) atoms. The molecule has 5 rings (SSSR count). The average molecular weight is 265 g/mol. The molecule has 0 bridgehead atoms. The first-order chi connectivity index (χ1) is 9.42. The molecule has 0 spiro atoms. The highest BCUT2D eigenvalue weighted by atomic mass is 32.1. The van der Waals surface area contributed by atoms with Crippen LogP contribution in [0.2, 0.25) is 0 Å². The van der Waals surface area contributed by atoms with Crippen LogP contribution in [0, 0.1) is 0 Å². The van der Waals surface area contributed by atoms with Gasteiger partial charge in [-0.05, 0) is 18.2 Å². The van der Waals surface area contributed by atoms with Crippen molar-refractivity contribution >= 4 is 26.5 Å². The maximum atomic E-state index is 4.53. The van der Waals surface area contributed by atoms with Crippen LogP contribution in [-0.4, -0.2) is 14.4 Å². The quantitative estimate of drug-likeness (QED) is 0.402. The van der Waals surface area contributed by atoms with Gasteiger partial charge in [-0.2, -0.15) is 4.40 Å². The molecule has 1 aliphatic heterocycles. The molecule has 5 heterocycles. The van der Waals surface area contributed by atoms with Crippen LogP contribution in [0.5, 0.6) is 0 Å². The number of thiazole rings is 1. The fourth-order valence-electron chi connectivity index (χ4n) is 2.85. The molecule has 0 aliphatic carbocycles. The number of imidazole rings is 1. The molecule has 0 aromatic carbocycles. The van der Waals surface area contributed by atoms with E-state index < -0.39 is 0 Å². The van der Waals surface area contributed by atoms with Crippen molar-refractivity contribution in [2.75, 3.05) is 0 Å². The minimum absolute atomic E-state index is 0.927. The van der Waals surface area contributed by atoms with Crippen LogP contribution in [0.4, 0.5) is 0 Å². The van der Waals surface area contributed by atoms with Crippen molar-refractivity contribution in [3.63, 3.8) is 0 Å². The zero-order chi connectivity index (χ0) is 12.4. The molecule has 0 radical (unpaired) electrons. The van der Waals surface area contributed by atoms with Gasteiger partial charge in [0.25, 0.3) is 5.82 Å². The standard InChI is InChI=1S/C14H9N4S/c1-2-11-13(16-4-1)18-12(19-11)8-17-7-9-3-5-15-6-10(9)14(17)18/h1-6,8H,7H2/q+1. The summed E-state index contributed by atoms with van der Waals surface area (Å²) in [6, 6.07) is 6.20. The molecule has 4 aromatic rings. The molecule has 0 unspecified atom stereocenters. The van der Waals surface area contributed by atoms with E-state index >= 15 is 0 Å². The van der Waals surface area contributed by atoms with Gasteiger partial charge in [-0.3, -0.25) is 4.98 Å². The molecule has 1 aliphatic rings. The van der Waals surface area contributed by atoms with Gasteiger partial charge in [0, 0.05) is 24.2 Å². The summed E-state index contributed by atoms with van der Waals surface area (Å²) in [5, 5.41) is 0. The minimum atomic E-state index is 0.927. The van der Waals surface area contributed by atoms with Gasteiger partial charge in [-0.15, -0.1) is 0 Å². The third-order valence-electron chi connectivity index (χ3n) is 3.64. The number of hydrogen-bond donors (Lipinski definition) is 0. The van der Waals surface area contributed by atoms with Gasteiger partial charge < -0.3 is 0 Å². The van der Waals surface area contributed by atoms with Gasteiger partial charge >= 0.3 is 0 Å². The molecule has 4 nitrogen and oxygen atoms in total. The largest absolute Gasteiger partial charge is 0.298 e. The summed E-state index contributed by atoms with van der Waals surface area (Å²) in [6.45, 7) is 0.927. The molecule has 0 fully saturated rings. The second-order valence-electron chi connectivity index (χ2n) is 4.71. The van der Waals surface area contributed by atoms with Gasteiger partial charge in [0.05, 0.1) is 10.3 Å². The minimum Gasteiger partial charge on any atom is -0.264 e. The van der Waals surface area contributed by atoms with Crippen LogP contribution >= 0.6 is 11.3 Å². The fraction of sp³-hybridized carbons (Fsp3) is 0.0714. The van der Waals surface area contributed by atoms with Gasteiger partial charge in [0.15, 0.2) is 0 Å². The molecule has 0 amide bonds. The number of nitrogens with zero attached hydrogens (tertiary/aromatic N) is 4. The zero-order valence-corrected chi connectivity index (χ0v) is 10.8. The topological polar surface area (TPSA) is 34.1 Å². The van der Waals surface area contributed by atoms with E-state index in [0.29, 0.717) is 0 Å². The van der Waals surface area contributed by atoms with E-state index in [9.17, 15) is 0 Å². The van der Waals surface area contributed by atoms with Gasteiger partial charge in [0.1, 0.15) is 12.7 Å². The average Bonchev–Trinajstić information content (AvgIpc) is 3.04. The Morgan fingerprint density at radius 2 is 2.26 bits per heavy atom. The number of pyridine rings is 2. The first-order valence-corrected chi connectivity index (χ1v) is 6.95. The first-order valence-electron chi connectivity index (χ1n) is 6.13. The molecule has 90 valence electrons. The lowest BCUT2D eigenvalue weighted by molar-refractivity contribution is -0.670. The summed E-state index contributed by atoms with van der Waals surface area (Å²) in [6.07, 6.45) is 7.87. The molecule has 0 N–H and O–H groups in total. The second-order valence-corrected chi connectivity index (χ2v) is 5.78. The van der Waals surface area contributed by atoms with Crippen LogP contribution in [-0.2, 0) is 6.54 Å². The number of fused-ring (bicyclic) bond motifs is 7.